The van der Waals surface area contributed by atoms with E-state index in [1.165, 1.54) is 32.1 Å². The van der Waals surface area contributed by atoms with Crippen molar-refractivity contribution in [2.45, 2.75) is 57.9 Å². The lowest BCUT2D eigenvalue weighted by molar-refractivity contribution is -0.206. The van der Waals surface area contributed by atoms with Crippen molar-refractivity contribution >= 4 is 5.97 Å². The molecule has 0 amide bonds. The predicted molar refractivity (Wildman–Crippen MR) is 122 cm³/mol. The molecule has 3 rings (SSSR count). The molecule has 0 radical (unpaired) electrons. The van der Waals surface area contributed by atoms with E-state index >= 15 is 0 Å². The van der Waals surface area contributed by atoms with Crippen molar-refractivity contribution < 1.29 is 32.2 Å². The Morgan fingerprint density at radius 2 is 1.62 bits per heavy atom. The number of hydrogen-bond donors (Lipinski definition) is 0. The third kappa shape index (κ3) is 8.19. The number of carbonyl (C=O) groups is 1. The van der Waals surface area contributed by atoms with E-state index in [1.807, 2.05) is 12.1 Å². The normalized spacial score (nSPS) is 18.1. The van der Waals surface area contributed by atoms with Crippen LogP contribution in [-0.4, -0.2) is 19.2 Å². The maximum absolute atomic E-state index is 12.6. The molecule has 0 N–H and O–H groups in total. The maximum atomic E-state index is 12.6. The summed E-state index contributed by atoms with van der Waals surface area (Å²) < 4.78 is 54.5. The average molecular weight is 475 g/mol. The Morgan fingerprint density at radius 3 is 2.24 bits per heavy atom. The molecule has 0 aromatic heterocycles. The predicted octanol–water partition coefficient (Wildman–Crippen LogP) is 6.68. The van der Waals surface area contributed by atoms with Gasteiger partial charge in [0.05, 0.1) is 18.8 Å². The zero-order valence-electron chi connectivity index (χ0n) is 19.2. The van der Waals surface area contributed by atoms with E-state index in [4.69, 9.17) is 14.2 Å². The van der Waals surface area contributed by atoms with Gasteiger partial charge in [-0.3, -0.25) is 0 Å². The van der Waals surface area contributed by atoms with Crippen LogP contribution in [0.1, 0.15) is 68.4 Å². The summed E-state index contributed by atoms with van der Waals surface area (Å²) in [5, 5.41) is 0. The van der Waals surface area contributed by atoms with Crippen molar-refractivity contribution in [3.63, 3.8) is 0 Å². The van der Waals surface area contributed by atoms with E-state index in [0.717, 1.165) is 36.2 Å². The molecule has 0 atom stereocenters. The van der Waals surface area contributed by atoms with Crippen LogP contribution in [0.25, 0.3) is 0 Å². The molecule has 2 aromatic carbocycles. The Labute approximate surface area is 198 Å². The standard InChI is InChI=1S/C27H29F3O4/c1-2-3-4-5-6-7-21-18-32-26(33-19-21)22-11-8-20(9-12-22)10-17-25(31)34-24-15-13-23(14-16-24)27(28,29)30/h8-9,11-16,21,26H,2-7,18-19H2,1H3. The van der Waals surface area contributed by atoms with E-state index in [0.29, 0.717) is 24.7 Å². The molecule has 0 aliphatic carbocycles. The number of esters is 1. The number of carbonyl (C=O) groups excluding carboxylic acids is 1. The van der Waals surface area contributed by atoms with Crippen LogP contribution in [0.4, 0.5) is 13.2 Å². The van der Waals surface area contributed by atoms with Crippen LogP contribution in [-0.2, 0) is 20.4 Å². The highest BCUT2D eigenvalue weighted by Crippen LogP contribution is 2.30. The minimum atomic E-state index is -4.45. The summed E-state index contributed by atoms with van der Waals surface area (Å²) in [6.45, 7) is 3.56. The van der Waals surface area contributed by atoms with Gasteiger partial charge in [0.15, 0.2) is 6.29 Å². The summed E-state index contributed by atoms with van der Waals surface area (Å²) in [6, 6.07) is 11.0. The first-order valence-corrected chi connectivity index (χ1v) is 11.6. The minimum Gasteiger partial charge on any atom is -0.417 e. The maximum Gasteiger partial charge on any atom is 0.416 e. The summed E-state index contributed by atoms with van der Waals surface area (Å²) in [5.41, 5.74) is 0.649. The third-order valence-corrected chi connectivity index (χ3v) is 5.57. The second-order valence-corrected chi connectivity index (χ2v) is 8.35. The Kier molecular flexibility index (Phi) is 9.55. The fraction of sp³-hybridized carbons (Fsp3) is 0.444. The van der Waals surface area contributed by atoms with E-state index < -0.39 is 24.0 Å². The van der Waals surface area contributed by atoms with Crippen LogP contribution >= 0.6 is 0 Å². The summed E-state index contributed by atoms with van der Waals surface area (Å²) in [6.07, 6.45) is 2.55. The van der Waals surface area contributed by atoms with E-state index in [9.17, 15) is 18.0 Å². The van der Waals surface area contributed by atoms with E-state index in [2.05, 4.69) is 18.8 Å². The number of alkyl halides is 3. The fourth-order valence-electron chi connectivity index (χ4n) is 3.63. The first-order chi connectivity index (χ1) is 16.3. The SMILES string of the molecule is CCCCCCCC1COC(c2ccc(C#CC(=O)Oc3ccc(C(F)(F)F)cc3)cc2)OC1. The number of rotatable bonds is 8. The molecule has 1 aliphatic heterocycles. The molecular formula is C27H29F3O4. The van der Waals surface area contributed by atoms with Gasteiger partial charge < -0.3 is 14.2 Å². The summed E-state index contributed by atoms with van der Waals surface area (Å²) in [5.74, 6) is 4.59. The smallest absolute Gasteiger partial charge is 0.416 e. The number of hydrogen-bond acceptors (Lipinski definition) is 4. The van der Waals surface area contributed by atoms with Crippen molar-refractivity contribution in [3.05, 3.63) is 65.2 Å². The molecule has 1 fully saturated rings. The fourth-order valence-corrected chi connectivity index (χ4v) is 3.63. The number of unbranched alkanes of at least 4 members (excludes halogenated alkanes) is 4. The van der Waals surface area contributed by atoms with Crippen LogP contribution in [0.2, 0.25) is 0 Å². The van der Waals surface area contributed by atoms with Crippen molar-refractivity contribution in [1.82, 2.24) is 0 Å². The zero-order valence-corrected chi connectivity index (χ0v) is 19.2. The number of halogens is 3. The number of benzene rings is 2. The molecule has 34 heavy (non-hydrogen) atoms. The van der Waals surface area contributed by atoms with Crippen molar-refractivity contribution in [1.29, 1.82) is 0 Å². The highest BCUT2D eigenvalue weighted by Gasteiger charge is 2.30. The van der Waals surface area contributed by atoms with Gasteiger partial charge in [-0.25, -0.2) is 4.79 Å². The quantitative estimate of drug-likeness (QED) is 0.185. The highest BCUT2D eigenvalue weighted by molar-refractivity contribution is 5.90. The summed E-state index contributed by atoms with van der Waals surface area (Å²) in [7, 11) is 0. The molecule has 182 valence electrons. The van der Waals surface area contributed by atoms with E-state index in [-0.39, 0.29) is 5.75 Å². The van der Waals surface area contributed by atoms with Gasteiger partial charge in [-0.1, -0.05) is 57.1 Å². The van der Waals surface area contributed by atoms with Crippen molar-refractivity contribution in [3.8, 4) is 17.6 Å². The van der Waals surface area contributed by atoms with Gasteiger partial charge in [0.1, 0.15) is 5.75 Å². The monoisotopic (exact) mass is 474 g/mol. The second kappa shape index (κ2) is 12.6. The van der Waals surface area contributed by atoms with Crippen LogP contribution in [0.15, 0.2) is 48.5 Å². The zero-order chi connectivity index (χ0) is 24.4. The molecule has 1 aliphatic rings. The highest BCUT2D eigenvalue weighted by atomic mass is 19.4. The molecule has 4 nitrogen and oxygen atoms in total. The molecule has 2 aromatic rings. The van der Waals surface area contributed by atoms with Gasteiger partial charge in [-0.05, 0) is 42.8 Å². The first kappa shape index (κ1) is 25.8. The Bertz CT molecular complexity index is 964. The lowest BCUT2D eigenvalue weighted by atomic mass is 10.0. The van der Waals surface area contributed by atoms with Gasteiger partial charge in [-0.15, -0.1) is 0 Å². The summed E-state index contributed by atoms with van der Waals surface area (Å²) in [4.78, 5) is 11.9. The van der Waals surface area contributed by atoms with Gasteiger partial charge in [0, 0.05) is 23.0 Å². The van der Waals surface area contributed by atoms with Crippen LogP contribution in [0.5, 0.6) is 5.75 Å². The molecule has 0 saturated carbocycles. The Hall–Kier alpha value is -2.82. The van der Waals surface area contributed by atoms with Crippen LogP contribution < -0.4 is 4.74 Å². The van der Waals surface area contributed by atoms with Gasteiger partial charge in [-0.2, -0.15) is 13.2 Å². The second-order valence-electron chi connectivity index (χ2n) is 8.35. The van der Waals surface area contributed by atoms with Gasteiger partial charge in [0.25, 0.3) is 0 Å². The summed E-state index contributed by atoms with van der Waals surface area (Å²) >= 11 is 0. The van der Waals surface area contributed by atoms with Gasteiger partial charge >= 0.3 is 12.1 Å². The largest absolute Gasteiger partial charge is 0.417 e. The molecule has 1 heterocycles. The molecule has 0 bridgehead atoms. The molecule has 7 heteroatoms. The van der Waals surface area contributed by atoms with Crippen LogP contribution in [0, 0.1) is 17.8 Å². The minimum absolute atomic E-state index is 0.00601. The van der Waals surface area contributed by atoms with Crippen molar-refractivity contribution in [2.75, 3.05) is 13.2 Å². The lowest BCUT2D eigenvalue weighted by Crippen LogP contribution is -2.27. The molecule has 0 spiro atoms. The van der Waals surface area contributed by atoms with Crippen molar-refractivity contribution in [2.24, 2.45) is 5.92 Å². The van der Waals surface area contributed by atoms with Crippen LogP contribution in [0.3, 0.4) is 0 Å². The topological polar surface area (TPSA) is 44.8 Å². The molecule has 1 saturated heterocycles. The Balaban J connectivity index is 1.44. The molecular weight excluding hydrogens is 445 g/mol. The Morgan fingerprint density at radius 1 is 0.971 bits per heavy atom. The number of ether oxygens (including phenoxy) is 3. The first-order valence-electron chi connectivity index (χ1n) is 11.6. The average Bonchev–Trinajstić information content (AvgIpc) is 2.83. The van der Waals surface area contributed by atoms with Gasteiger partial charge in [0.2, 0.25) is 0 Å². The van der Waals surface area contributed by atoms with E-state index in [1.54, 1.807) is 12.1 Å². The molecule has 0 unspecified atom stereocenters. The third-order valence-electron chi connectivity index (χ3n) is 5.57. The lowest BCUT2D eigenvalue weighted by Gasteiger charge is -2.29.